The van der Waals surface area contributed by atoms with Crippen LogP contribution in [0.5, 0.6) is 0 Å². The normalized spacial score (nSPS) is 16.0. The molecule has 1 aromatic heterocycles. The topological polar surface area (TPSA) is 60.9 Å². The summed E-state index contributed by atoms with van der Waals surface area (Å²) in [5.41, 5.74) is -0.436. The van der Waals surface area contributed by atoms with E-state index in [1.54, 1.807) is 33.0 Å². The second kappa shape index (κ2) is 12.0. The van der Waals surface area contributed by atoms with Crippen molar-refractivity contribution in [1.82, 2.24) is 0 Å². The first-order valence-corrected chi connectivity index (χ1v) is 12.4. The van der Waals surface area contributed by atoms with Crippen molar-refractivity contribution >= 4 is 16.0 Å². The Balaban J connectivity index is -0.000000175. The van der Waals surface area contributed by atoms with Crippen LogP contribution < -0.4 is 4.74 Å². The zero-order valence-electron chi connectivity index (χ0n) is 19.6. The van der Waals surface area contributed by atoms with Gasteiger partial charge in [-0.2, -0.15) is 0 Å². The molecule has 0 aliphatic carbocycles. The Morgan fingerprint density at radius 3 is 1.37 bits per heavy atom. The van der Waals surface area contributed by atoms with E-state index in [9.17, 15) is 46.2 Å². The molecular formula is C16H29F12N2O3P2+. The Morgan fingerprint density at radius 2 is 1.29 bits per heavy atom. The Labute approximate surface area is 194 Å². The fourth-order valence-electron chi connectivity index (χ4n) is 0.991. The minimum absolute atomic E-state index is 0. The van der Waals surface area contributed by atoms with E-state index < -0.39 is 21.6 Å². The van der Waals surface area contributed by atoms with Gasteiger partial charge in [-0.3, -0.25) is 4.70 Å². The molecule has 0 amide bonds. The monoisotopic (exact) mass is 587 g/mol. The average Bonchev–Trinajstić information content (AvgIpc) is 3.01. The van der Waals surface area contributed by atoms with Gasteiger partial charge in [-0.05, 0) is 25.5 Å². The number of aromatic nitrogens is 1. The first-order valence-electron chi connectivity index (χ1n) is 8.69. The molecule has 1 aliphatic rings. The molecule has 1 N–H and O–H groups in total. The van der Waals surface area contributed by atoms with Crippen LogP contribution >= 0.6 is 16.0 Å². The summed E-state index contributed by atoms with van der Waals surface area (Å²) in [6.45, 7) is 16.9. The molecule has 0 saturated heterocycles. The van der Waals surface area contributed by atoms with Crippen LogP contribution in [0.15, 0.2) is 46.6 Å². The molecule has 1 aliphatic heterocycles. The number of nitroso groups, excluding NO2 is 1. The molecule has 0 aromatic carbocycles. The number of hydrogen-bond donors (Lipinski definition) is 1. The van der Waals surface area contributed by atoms with Gasteiger partial charge in [0.1, 0.15) is 6.20 Å². The van der Waals surface area contributed by atoms with Crippen molar-refractivity contribution in [2.24, 2.45) is 5.18 Å². The third-order valence-electron chi connectivity index (χ3n) is 1.84. The Kier molecular flexibility index (Phi) is 13.9. The first kappa shape index (κ1) is 40.4. The Hall–Kier alpha value is -1.73. The third kappa shape index (κ3) is 72.0. The van der Waals surface area contributed by atoms with Crippen LogP contribution in [0.4, 0.5) is 50.9 Å². The van der Waals surface area contributed by atoms with Crippen LogP contribution in [0.1, 0.15) is 47.3 Å². The van der Waals surface area contributed by atoms with E-state index in [4.69, 9.17) is 9.63 Å². The number of halogens is 12. The van der Waals surface area contributed by atoms with Gasteiger partial charge in [-0.25, -0.2) is 4.52 Å². The molecule has 214 valence electrons. The molecule has 35 heavy (non-hydrogen) atoms. The summed E-state index contributed by atoms with van der Waals surface area (Å²) >= 11 is 0. The molecule has 0 spiro atoms. The summed E-state index contributed by atoms with van der Waals surface area (Å²) < 4.78 is 120. The molecule has 0 fully saturated rings. The summed E-state index contributed by atoms with van der Waals surface area (Å²) in [5.74, 6) is 1.56. The van der Waals surface area contributed by atoms with Gasteiger partial charge in [0.15, 0.2) is 10.9 Å². The third-order valence-corrected chi connectivity index (χ3v) is 1.84. The summed E-state index contributed by atoms with van der Waals surface area (Å²) in [7, 11) is -19.2. The van der Waals surface area contributed by atoms with Crippen molar-refractivity contribution in [2.75, 3.05) is 0 Å². The van der Waals surface area contributed by atoms with Crippen LogP contribution in [0.25, 0.3) is 0 Å². The van der Waals surface area contributed by atoms with E-state index in [-0.39, 0.29) is 10.2 Å². The molecular weight excluding hydrogens is 558 g/mol. The SMILES string of the molecule is C=C1C=CN=[O+]1.CC(C)(C)O.Cc1cc[n+](C(C)(C)C)o1.F.FP(F)(F)(F)F.F[P-](F)(F)(F)(F)F. The maximum absolute atomic E-state index is 10.7. The quantitative estimate of drug-likeness (QED) is 0.142. The summed E-state index contributed by atoms with van der Waals surface area (Å²) in [6, 6.07) is 1.96. The Bertz CT molecular complexity index is 797. The van der Waals surface area contributed by atoms with Crippen LogP contribution in [-0.4, -0.2) is 10.7 Å². The predicted octanol–water partition coefficient (Wildman–Crippen LogP) is 10.2. The van der Waals surface area contributed by atoms with E-state index in [1.165, 1.54) is 0 Å². The van der Waals surface area contributed by atoms with Crippen LogP contribution in [0.2, 0.25) is 0 Å². The number of aliphatic hydroxyl groups is 1. The van der Waals surface area contributed by atoms with Crippen molar-refractivity contribution in [3.63, 3.8) is 0 Å². The number of aryl methyl sites for hydroxylation is 1. The van der Waals surface area contributed by atoms with Crippen LogP contribution in [-0.2, 0) is 5.54 Å². The van der Waals surface area contributed by atoms with E-state index in [0.29, 0.717) is 5.76 Å². The molecule has 0 bridgehead atoms. The van der Waals surface area contributed by atoms with Crippen LogP contribution in [0.3, 0.4) is 0 Å². The average molecular weight is 587 g/mol. The van der Waals surface area contributed by atoms with Gasteiger partial charge in [0.25, 0.3) is 0 Å². The van der Waals surface area contributed by atoms with Gasteiger partial charge in [-0.1, -0.05) is 4.54 Å². The molecule has 2 rings (SSSR count). The minimum atomic E-state index is -10.7. The van der Waals surface area contributed by atoms with Crippen molar-refractivity contribution in [3.05, 3.63) is 47.2 Å². The van der Waals surface area contributed by atoms with Crippen molar-refractivity contribution in [1.29, 1.82) is 0 Å². The zero-order valence-corrected chi connectivity index (χ0v) is 21.4. The van der Waals surface area contributed by atoms with Crippen molar-refractivity contribution in [2.45, 2.75) is 59.6 Å². The zero-order chi connectivity index (χ0) is 28.5. The second-order valence-corrected chi connectivity index (χ2v) is 11.5. The van der Waals surface area contributed by atoms with Crippen molar-refractivity contribution in [3.8, 4) is 0 Å². The number of nitrogens with zero attached hydrogens (tertiary/aromatic N) is 2. The molecule has 0 saturated carbocycles. The van der Waals surface area contributed by atoms with Gasteiger partial charge in [0, 0.05) is 34.3 Å². The summed E-state index contributed by atoms with van der Waals surface area (Å²) in [5, 5.41) is 11.9. The standard InChI is InChI=1S/C8H14NO.C4H4NO.C4H10O.F6P.F5P.FH/c1-7-5-6-9(10-7)8(2,3)4;1-4-2-3-5-6-4;1-4(2,3)5;1-7(2,3,4,5)6;1-6(2,3,4)5;/h5-6H,1-4H3;2-3H,1H2;5H,1-3H3;;;1H/q2*+1;;-1;;. The Morgan fingerprint density at radius 1 is 0.971 bits per heavy atom. The fourth-order valence-corrected chi connectivity index (χ4v) is 0.991. The molecule has 5 nitrogen and oxygen atoms in total. The second-order valence-electron chi connectivity index (χ2n) is 8.26. The fraction of sp³-hybridized carbons (Fsp3) is 0.562. The molecule has 19 heteroatoms. The summed E-state index contributed by atoms with van der Waals surface area (Å²) in [6.07, 6.45) is 5.21. The van der Waals surface area contributed by atoms with E-state index in [2.05, 4.69) is 37.1 Å². The number of allylic oxidation sites excluding steroid dienone is 1. The number of rotatable bonds is 0. The summed E-state index contributed by atoms with van der Waals surface area (Å²) in [4.78, 5) is 0. The van der Waals surface area contributed by atoms with Gasteiger partial charge < -0.3 is 5.11 Å². The van der Waals surface area contributed by atoms with Crippen LogP contribution in [0, 0.1) is 11.5 Å². The molecule has 2 heterocycles. The van der Waals surface area contributed by atoms with E-state index >= 15 is 0 Å². The van der Waals surface area contributed by atoms with E-state index in [1.807, 2.05) is 23.9 Å². The van der Waals surface area contributed by atoms with Gasteiger partial charge in [0.2, 0.25) is 11.7 Å². The van der Waals surface area contributed by atoms with Gasteiger partial charge in [0.05, 0.1) is 17.7 Å². The molecule has 1 aromatic rings. The van der Waals surface area contributed by atoms with Gasteiger partial charge in [-0.15, -0.1) is 0 Å². The molecule has 0 atom stereocenters. The van der Waals surface area contributed by atoms with Gasteiger partial charge >= 0.3 is 67.9 Å². The number of hydrogen-bond acceptors (Lipinski definition) is 3. The maximum atomic E-state index is 9.87. The molecule has 0 unspecified atom stereocenters. The molecule has 0 radical (unpaired) electrons. The predicted molar refractivity (Wildman–Crippen MR) is 113 cm³/mol. The van der Waals surface area contributed by atoms with Crippen molar-refractivity contribution < 1.29 is 65.2 Å². The first-order chi connectivity index (χ1) is 14.1. The van der Waals surface area contributed by atoms with E-state index in [0.717, 1.165) is 5.76 Å².